The van der Waals surface area contributed by atoms with E-state index in [-0.39, 0.29) is 11.9 Å². The fraction of sp³-hybridized carbons (Fsp3) is 0.105. The summed E-state index contributed by atoms with van der Waals surface area (Å²) in [5.41, 5.74) is 2.49. The maximum Gasteiger partial charge on any atom is 0.255 e. The third-order valence-corrected chi connectivity index (χ3v) is 3.74. The first-order chi connectivity index (χ1) is 11.8. The fourth-order valence-corrected chi connectivity index (χ4v) is 2.56. The number of carbonyl (C=O) groups excluding carboxylic acids is 1. The van der Waals surface area contributed by atoms with Gasteiger partial charge < -0.3 is 10.6 Å². The number of rotatable bonds is 5. The molecule has 3 rings (SSSR count). The van der Waals surface area contributed by atoms with Crippen molar-refractivity contribution in [2.24, 2.45) is 0 Å². The molecule has 120 valence electrons. The second-order valence-electron chi connectivity index (χ2n) is 5.25. The van der Waals surface area contributed by atoms with Crippen LogP contribution in [0, 0.1) is 0 Å². The predicted molar refractivity (Wildman–Crippen MR) is 93.8 cm³/mol. The van der Waals surface area contributed by atoms with Crippen molar-refractivity contribution in [1.82, 2.24) is 15.3 Å². The number of hydrogen-bond acceptors (Lipinski definition) is 4. The van der Waals surface area contributed by atoms with Gasteiger partial charge >= 0.3 is 0 Å². The van der Waals surface area contributed by atoms with Crippen LogP contribution >= 0.6 is 0 Å². The Morgan fingerprint density at radius 1 is 0.917 bits per heavy atom. The molecule has 5 heteroatoms. The minimum atomic E-state index is -0.258. The Labute approximate surface area is 140 Å². The third-order valence-electron chi connectivity index (χ3n) is 3.74. The summed E-state index contributed by atoms with van der Waals surface area (Å²) in [5, 5.41) is 6.04. The Hall–Kier alpha value is -3.21. The van der Waals surface area contributed by atoms with E-state index in [0.29, 0.717) is 11.4 Å². The van der Waals surface area contributed by atoms with Crippen molar-refractivity contribution in [3.05, 3.63) is 89.9 Å². The smallest absolute Gasteiger partial charge is 0.255 e. The molecular formula is C19H18N4O. The molecule has 5 nitrogen and oxygen atoms in total. The van der Waals surface area contributed by atoms with E-state index in [2.05, 4.69) is 20.6 Å². The van der Waals surface area contributed by atoms with E-state index in [1.165, 1.54) is 0 Å². The zero-order chi connectivity index (χ0) is 16.8. The van der Waals surface area contributed by atoms with Crippen molar-refractivity contribution < 1.29 is 4.79 Å². The molecule has 0 aliphatic rings. The lowest BCUT2D eigenvalue weighted by molar-refractivity contribution is 0.0943. The Bertz CT molecular complexity index is 766. The number of anilines is 1. The van der Waals surface area contributed by atoms with Gasteiger partial charge in [-0.25, -0.2) is 4.98 Å². The van der Waals surface area contributed by atoms with Crippen LogP contribution in [-0.2, 0) is 0 Å². The van der Waals surface area contributed by atoms with Gasteiger partial charge in [0.05, 0.1) is 11.6 Å². The van der Waals surface area contributed by atoms with Crippen LogP contribution in [0.5, 0.6) is 0 Å². The molecule has 0 aliphatic carbocycles. The number of nitrogens with one attached hydrogen (secondary N) is 2. The second kappa shape index (κ2) is 7.37. The summed E-state index contributed by atoms with van der Waals surface area (Å²) < 4.78 is 0. The van der Waals surface area contributed by atoms with Crippen molar-refractivity contribution >= 4 is 11.7 Å². The van der Waals surface area contributed by atoms with Crippen molar-refractivity contribution in [2.75, 3.05) is 12.4 Å². The lowest BCUT2D eigenvalue weighted by Gasteiger charge is -2.20. The van der Waals surface area contributed by atoms with Gasteiger partial charge in [0.2, 0.25) is 0 Å². The molecule has 0 radical (unpaired) electrons. The summed E-state index contributed by atoms with van der Waals surface area (Å²) in [6.45, 7) is 0. The summed E-state index contributed by atoms with van der Waals surface area (Å²) in [5.74, 6) is 0.370. The van der Waals surface area contributed by atoms with Crippen LogP contribution in [0.25, 0.3) is 0 Å². The molecular weight excluding hydrogens is 300 g/mol. The van der Waals surface area contributed by atoms with Gasteiger partial charge in [0.25, 0.3) is 5.91 Å². The Balaban J connectivity index is 1.94. The highest BCUT2D eigenvalue weighted by Crippen LogP contribution is 2.22. The number of benzene rings is 1. The molecule has 0 fully saturated rings. The number of aromatic nitrogens is 2. The quantitative estimate of drug-likeness (QED) is 0.759. The molecule has 1 atom stereocenters. The number of amides is 1. The van der Waals surface area contributed by atoms with Crippen LogP contribution in [0.3, 0.4) is 0 Å². The van der Waals surface area contributed by atoms with Gasteiger partial charge in [0, 0.05) is 25.6 Å². The first-order valence-electron chi connectivity index (χ1n) is 7.68. The maximum absolute atomic E-state index is 12.8. The van der Waals surface area contributed by atoms with Crippen LogP contribution < -0.4 is 10.6 Å². The molecule has 0 bridgehead atoms. The van der Waals surface area contributed by atoms with Gasteiger partial charge in [-0.2, -0.15) is 0 Å². The highest BCUT2D eigenvalue weighted by Gasteiger charge is 2.19. The van der Waals surface area contributed by atoms with E-state index in [9.17, 15) is 4.79 Å². The minimum Gasteiger partial charge on any atom is -0.372 e. The predicted octanol–water partition coefficient (Wildman–Crippen LogP) is 3.04. The van der Waals surface area contributed by atoms with E-state index < -0.39 is 0 Å². The number of pyridine rings is 2. The van der Waals surface area contributed by atoms with Gasteiger partial charge in [0.15, 0.2) is 0 Å². The summed E-state index contributed by atoms with van der Waals surface area (Å²) in [7, 11) is 1.75. The van der Waals surface area contributed by atoms with Crippen molar-refractivity contribution in [1.29, 1.82) is 0 Å². The van der Waals surface area contributed by atoms with Crippen LogP contribution in [0.4, 0.5) is 5.82 Å². The standard InChI is InChI=1S/C19H18N4O/c1-20-18-16(8-5-11-22-18)19(24)23-17(14-6-3-2-4-7-14)15-9-12-21-13-10-15/h2-13,17H,1H3,(H,20,22)(H,23,24)/t17-/m0/s1. The first-order valence-corrected chi connectivity index (χ1v) is 7.68. The van der Waals surface area contributed by atoms with E-state index in [0.717, 1.165) is 11.1 Å². The summed E-state index contributed by atoms with van der Waals surface area (Å²) >= 11 is 0. The van der Waals surface area contributed by atoms with Gasteiger partial charge in [-0.3, -0.25) is 9.78 Å². The molecule has 0 unspecified atom stereocenters. The van der Waals surface area contributed by atoms with Gasteiger partial charge in [0.1, 0.15) is 5.82 Å². The van der Waals surface area contributed by atoms with Crippen molar-refractivity contribution in [3.63, 3.8) is 0 Å². The highest BCUT2D eigenvalue weighted by atomic mass is 16.1. The van der Waals surface area contributed by atoms with Gasteiger partial charge in [-0.1, -0.05) is 30.3 Å². The van der Waals surface area contributed by atoms with Crippen molar-refractivity contribution in [2.45, 2.75) is 6.04 Å². The average molecular weight is 318 g/mol. The molecule has 0 spiro atoms. The zero-order valence-corrected chi connectivity index (χ0v) is 13.3. The van der Waals surface area contributed by atoms with Gasteiger partial charge in [-0.05, 0) is 35.4 Å². The molecule has 2 heterocycles. The lowest BCUT2D eigenvalue weighted by Crippen LogP contribution is -2.30. The molecule has 2 aromatic heterocycles. The number of carbonyl (C=O) groups is 1. The highest BCUT2D eigenvalue weighted by molar-refractivity contribution is 5.99. The van der Waals surface area contributed by atoms with E-state index in [4.69, 9.17) is 0 Å². The molecule has 1 aromatic carbocycles. The number of nitrogens with zero attached hydrogens (tertiary/aromatic N) is 2. The van der Waals surface area contributed by atoms with Crippen LogP contribution in [0.1, 0.15) is 27.5 Å². The Morgan fingerprint density at radius 2 is 1.62 bits per heavy atom. The van der Waals surface area contributed by atoms with E-state index in [1.807, 2.05) is 42.5 Å². The third kappa shape index (κ3) is 3.41. The summed E-state index contributed by atoms with van der Waals surface area (Å²) in [4.78, 5) is 21.0. The van der Waals surface area contributed by atoms with Gasteiger partial charge in [-0.15, -0.1) is 0 Å². The van der Waals surface area contributed by atoms with Crippen LogP contribution in [0.2, 0.25) is 0 Å². The molecule has 3 aromatic rings. The normalized spacial score (nSPS) is 11.5. The maximum atomic E-state index is 12.8. The molecule has 1 amide bonds. The fourth-order valence-electron chi connectivity index (χ4n) is 2.56. The molecule has 2 N–H and O–H groups in total. The average Bonchev–Trinajstić information content (AvgIpc) is 2.67. The largest absolute Gasteiger partial charge is 0.372 e. The lowest BCUT2D eigenvalue weighted by atomic mass is 9.99. The van der Waals surface area contributed by atoms with Crippen LogP contribution in [0.15, 0.2) is 73.2 Å². The number of hydrogen-bond donors (Lipinski definition) is 2. The van der Waals surface area contributed by atoms with E-state index >= 15 is 0 Å². The molecule has 24 heavy (non-hydrogen) atoms. The topological polar surface area (TPSA) is 66.9 Å². The Morgan fingerprint density at radius 3 is 2.33 bits per heavy atom. The monoisotopic (exact) mass is 318 g/mol. The zero-order valence-electron chi connectivity index (χ0n) is 13.3. The molecule has 0 saturated carbocycles. The summed E-state index contributed by atoms with van der Waals surface area (Å²) in [6, 6.07) is 16.9. The second-order valence-corrected chi connectivity index (χ2v) is 5.25. The minimum absolute atomic E-state index is 0.182. The molecule has 0 saturated heterocycles. The Kier molecular flexibility index (Phi) is 4.81. The summed E-state index contributed by atoms with van der Waals surface area (Å²) in [6.07, 6.45) is 5.10. The van der Waals surface area contributed by atoms with Crippen LogP contribution in [-0.4, -0.2) is 22.9 Å². The first kappa shape index (κ1) is 15.7. The van der Waals surface area contributed by atoms with Crippen molar-refractivity contribution in [3.8, 4) is 0 Å². The molecule has 0 aliphatic heterocycles. The SMILES string of the molecule is CNc1ncccc1C(=O)N[C@@H](c1ccccc1)c1ccncc1. The van der Waals surface area contributed by atoms with E-state index in [1.54, 1.807) is 37.8 Å².